The molecule has 0 atom stereocenters. The fraction of sp³-hybridized carbons (Fsp3) is 0.200. The summed E-state index contributed by atoms with van der Waals surface area (Å²) in [6.07, 6.45) is 0. The van der Waals surface area contributed by atoms with E-state index in [1.807, 2.05) is 17.8 Å². The normalized spacial score (nSPS) is 16.4. The highest BCUT2D eigenvalue weighted by Crippen LogP contribution is 2.48. The van der Waals surface area contributed by atoms with Crippen LogP contribution in [0.15, 0.2) is 52.3 Å². The molecule has 3 rings (SSSR count). The second kappa shape index (κ2) is 3.39. The van der Waals surface area contributed by atoms with Gasteiger partial charge in [-0.1, -0.05) is 55.9 Å². The second-order valence-electron chi connectivity index (χ2n) is 4.63. The van der Waals surface area contributed by atoms with Crippen LogP contribution in [-0.2, 0) is 5.41 Å². The van der Waals surface area contributed by atoms with Gasteiger partial charge in [0.2, 0.25) is 0 Å². The molecule has 0 aromatic heterocycles. The summed E-state index contributed by atoms with van der Waals surface area (Å²) in [4.78, 5) is 2.71. The maximum Gasteiger partial charge on any atom is 0.0175 e. The molecular weight excluding hydrogens is 212 g/mol. The van der Waals surface area contributed by atoms with E-state index in [4.69, 9.17) is 0 Å². The number of benzene rings is 2. The molecule has 1 radical (unpaired) electrons. The predicted octanol–water partition coefficient (Wildman–Crippen LogP) is 4.28. The number of hydrogen-bond donors (Lipinski definition) is 0. The summed E-state index contributed by atoms with van der Waals surface area (Å²) in [5.74, 6) is 0. The largest absolute Gasteiger partial charge is 0.0894 e. The minimum absolute atomic E-state index is 0.0679. The summed E-state index contributed by atoms with van der Waals surface area (Å²) >= 11 is 1.85. The minimum Gasteiger partial charge on any atom is -0.0894 e. The average Bonchev–Trinajstić information content (AvgIpc) is 2.29. The Morgan fingerprint density at radius 1 is 1.00 bits per heavy atom. The fourth-order valence-corrected chi connectivity index (χ4v) is 3.70. The van der Waals surface area contributed by atoms with E-state index in [2.05, 4.69) is 56.3 Å². The third kappa shape index (κ3) is 1.31. The molecule has 0 aliphatic carbocycles. The Labute approximate surface area is 101 Å². The lowest BCUT2D eigenvalue weighted by Crippen LogP contribution is -2.23. The highest BCUT2D eigenvalue weighted by molar-refractivity contribution is 7.99. The molecule has 0 bridgehead atoms. The molecular formula is C15H13S. The zero-order valence-electron chi connectivity index (χ0n) is 9.45. The van der Waals surface area contributed by atoms with Gasteiger partial charge in [0.25, 0.3) is 0 Å². The van der Waals surface area contributed by atoms with E-state index in [9.17, 15) is 0 Å². The van der Waals surface area contributed by atoms with Gasteiger partial charge in [-0.3, -0.25) is 0 Å². The van der Waals surface area contributed by atoms with Crippen molar-refractivity contribution in [2.24, 2.45) is 0 Å². The van der Waals surface area contributed by atoms with Gasteiger partial charge < -0.3 is 0 Å². The molecule has 2 aromatic carbocycles. The van der Waals surface area contributed by atoms with Crippen LogP contribution in [0.25, 0.3) is 0 Å². The summed E-state index contributed by atoms with van der Waals surface area (Å²) in [5.41, 5.74) is 2.80. The minimum atomic E-state index is 0.0679. The van der Waals surface area contributed by atoms with Gasteiger partial charge in [-0.15, -0.1) is 0 Å². The van der Waals surface area contributed by atoms with Crippen LogP contribution in [-0.4, -0.2) is 0 Å². The molecule has 1 heteroatoms. The van der Waals surface area contributed by atoms with Crippen molar-refractivity contribution >= 4 is 11.8 Å². The summed E-state index contributed by atoms with van der Waals surface area (Å²) in [6, 6.07) is 18.3. The Kier molecular flexibility index (Phi) is 2.11. The van der Waals surface area contributed by atoms with Crippen LogP contribution in [0.4, 0.5) is 0 Å². The van der Waals surface area contributed by atoms with Gasteiger partial charge in [-0.2, -0.15) is 0 Å². The van der Waals surface area contributed by atoms with Crippen LogP contribution in [0.1, 0.15) is 25.0 Å². The number of fused-ring (bicyclic) bond motifs is 2. The van der Waals surface area contributed by atoms with Crippen molar-refractivity contribution in [3.05, 3.63) is 59.7 Å². The van der Waals surface area contributed by atoms with Crippen molar-refractivity contribution in [3.63, 3.8) is 0 Å². The van der Waals surface area contributed by atoms with Crippen LogP contribution in [0.2, 0.25) is 0 Å². The summed E-state index contributed by atoms with van der Waals surface area (Å²) in [7, 11) is 0. The summed E-state index contributed by atoms with van der Waals surface area (Å²) < 4.78 is 0. The van der Waals surface area contributed by atoms with Crippen LogP contribution >= 0.6 is 11.8 Å². The van der Waals surface area contributed by atoms with Gasteiger partial charge >= 0.3 is 0 Å². The molecule has 0 saturated carbocycles. The van der Waals surface area contributed by atoms with E-state index in [0.29, 0.717) is 0 Å². The Morgan fingerprint density at radius 3 is 2.62 bits per heavy atom. The first kappa shape index (κ1) is 9.98. The molecule has 0 nitrogen and oxygen atoms in total. The fourth-order valence-electron chi connectivity index (χ4n) is 2.32. The Morgan fingerprint density at radius 2 is 1.75 bits per heavy atom. The summed E-state index contributed by atoms with van der Waals surface area (Å²) in [6.45, 7) is 4.56. The van der Waals surface area contributed by atoms with Gasteiger partial charge in [0.15, 0.2) is 0 Å². The van der Waals surface area contributed by atoms with Crippen molar-refractivity contribution in [2.45, 2.75) is 29.1 Å². The van der Waals surface area contributed by atoms with Crippen molar-refractivity contribution < 1.29 is 0 Å². The van der Waals surface area contributed by atoms with E-state index in [-0.39, 0.29) is 5.41 Å². The molecule has 1 aliphatic rings. The third-order valence-electron chi connectivity index (χ3n) is 3.22. The van der Waals surface area contributed by atoms with E-state index < -0.39 is 0 Å². The lowest BCUT2D eigenvalue weighted by molar-refractivity contribution is 0.606. The smallest absolute Gasteiger partial charge is 0.0175 e. The van der Waals surface area contributed by atoms with E-state index in [0.717, 1.165) is 0 Å². The quantitative estimate of drug-likeness (QED) is 0.645. The predicted molar refractivity (Wildman–Crippen MR) is 68.0 cm³/mol. The molecule has 0 spiro atoms. The lowest BCUT2D eigenvalue weighted by Gasteiger charge is -2.34. The Hall–Kier alpha value is -1.21. The van der Waals surface area contributed by atoms with E-state index >= 15 is 0 Å². The molecule has 79 valence electrons. The molecule has 0 saturated heterocycles. The second-order valence-corrected chi connectivity index (χ2v) is 5.72. The van der Waals surface area contributed by atoms with Crippen molar-refractivity contribution in [1.82, 2.24) is 0 Å². The van der Waals surface area contributed by atoms with Gasteiger partial charge in [0.05, 0.1) is 0 Å². The zero-order valence-corrected chi connectivity index (χ0v) is 10.3. The molecule has 0 amide bonds. The molecule has 1 aliphatic heterocycles. The molecule has 0 fully saturated rings. The van der Waals surface area contributed by atoms with Crippen molar-refractivity contribution in [3.8, 4) is 0 Å². The standard InChI is InChI=1S/C15H13S/c1-15(2)11-7-3-5-9-13(11)16-14-10-6-4-8-12(14)15/h3-7,9-10H,1-2H3. The monoisotopic (exact) mass is 225 g/mol. The first-order chi connectivity index (χ1) is 7.69. The Bertz CT molecular complexity index is 493. The maximum atomic E-state index is 3.40. The molecule has 2 aromatic rings. The van der Waals surface area contributed by atoms with E-state index in [1.54, 1.807) is 0 Å². The topological polar surface area (TPSA) is 0 Å². The van der Waals surface area contributed by atoms with Crippen LogP contribution in [0.5, 0.6) is 0 Å². The van der Waals surface area contributed by atoms with Gasteiger partial charge in [0, 0.05) is 15.2 Å². The van der Waals surface area contributed by atoms with Crippen LogP contribution < -0.4 is 0 Å². The number of hydrogen-bond acceptors (Lipinski definition) is 1. The molecule has 0 unspecified atom stereocenters. The first-order valence-corrected chi connectivity index (χ1v) is 6.30. The SMILES string of the molecule is CC1(C)c2[c]cccc2Sc2ccccc21. The summed E-state index contributed by atoms with van der Waals surface area (Å²) in [5, 5.41) is 0. The van der Waals surface area contributed by atoms with Crippen molar-refractivity contribution in [1.29, 1.82) is 0 Å². The molecule has 1 heterocycles. The van der Waals surface area contributed by atoms with Gasteiger partial charge in [-0.05, 0) is 29.3 Å². The van der Waals surface area contributed by atoms with E-state index in [1.165, 1.54) is 20.9 Å². The van der Waals surface area contributed by atoms with Crippen molar-refractivity contribution in [2.75, 3.05) is 0 Å². The molecule has 16 heavy (non-hydrogen) atoms. The Balaban J connectivity index is 2.28. The highest BCUT2D eigenvalue weighted by Gasteiger charge is 2.32. The third-order valence-corrected chi connectivity index (χ3v) is 4.36. The highest BCUT2D eigenvalue weighted by atomic mass is 32.2. The average molecular weight is 225 g/mol. The first-order valence-electron chi connectivity index (χ1n) is 5.48. The molecule has 0 N–H and O–H groups in total. The zero-order chi connectivity index (χ0) is 11.2. The van der Waals surface area contributed by atoms with Gasteiger partial charge in [-0.25, -0.2) is 0 Å². The van der Waals surface area contributed by atoms with Crippen LogP contribution in [0, 0.1) is 6.07 Å². The lowest BCUT2D eigenvalue weighted by atomic mass is 9.78. The van der Waals surface area contributed by atoms with Crippen LogP contribution in [0.3, 0.4) is 0 Å². The van der Waals surface area contributed by atoms with Gasteiger partial charge in [0.1, 0.15) is 0 Å². The number of rotatable bonds is 0. The maximum absolute atomic E-state index is 3.40.